The third kappa shape index (κ3) is 4.19. The topological polar surface area (TPSA) is 21.3 Å². The predicted molar refractivity (Wildman–Crippen MR) is 87.7 cm³/mol. The molecule has 0 aliphatic rings. The Bertz CT molecular complexity index is 636. The monoisotopic (exact) mass is 371 g/mol. The van der Waals surface area contributed by atoms with Crippen LogP contribution in [0.1, 0.15) is 25.5 Å². The maximum atomic E-state index is 13.2. The minimum atomic E-state index is -0.457. The second-order valence-electron chi connectivity index (χ2n) is 4.64. The highest BCUT2D eigenvalue weighted by molar-refractivity contribution is 9.10. The van der Waals surface area contributed by atoms with Crippen LogP contribution in [0.2, 0.25) is 5.02 Å². The lowest BCUT2D eigenvalue weighted by Crippen LogP contribution is -2.18. The number of nitrogens with one attached hydrogen (secondary N) is 1. The molecule has 1 atom stereocenters. The van der Waals surface area contributed by atoms with E-state index < -0.39 is 5.82 Å². The molecule has 2 aromatic rings. The van der Waals surface area contributed by atoms with E-state index >= 15 is 0 Å². The Morgan fingerprint density at radius 2 is 2.05 bits per heavy atom. The van der Waals surface area contributed by atoms with Gasteiger partial charge in [0.15, 0.2) is 0 Å². The maximum Gasteiger partial charge on any atom is 0.142 e. The average molecular weight is 373 g/mol. The van der Waals surface area contributed by atoms with Crippen LogP contribution in [-0.4, -0.2) is 6.54 Å². The van der Waals surface area contributed by atoms with Crippen molar-refractivity contribution in [1.29, 1.82) is 0 Å². The fraction of sp³-hybridized carbons (Fsp3) is 0.250. The van der Waals surface area contributed by atoms with Gasteiger partial charge in [-0.25, -0.2) is 4.39 Å². The van der Waals surface area contributed by atoms with E-state index in [9.17, 15) is 4.39 Å². The van der Waals surface area contributed by atoms with Gasteiger partial charge in [0.2, 0.25) is 0 Å². The standard InChI is InChI=1S/C16H16BrClFNO/c1-3-20-10(2)13-8-11(17)4-7-16(13)21-12-5-6-15(19)14(18)9-12/h4-10,20H,3H2,1-2H3. The number of halogens is 3. The molecule has 112 valence electrons. The van der Waals surface area contributed by atoms with Gasteiger partial charge in [-0.05, 0) is 43.8 Å². The summed E-state index contributed by atoms with van der Waals surface area (Å²) in [5.74, 6) is 0.768. The van der Waals surface area contributed by atoms with Gasteiger partial charge in [0.1, 0.15) is 17.3 Å². The molecule has 2 rings (SSSR count). The molecule has 0 aromatic heterocycles. The summed E-state index contributed by atoms with van der Waals surface area (Å²) in [6.45, 7) is 4.97. The van der Waals surface area contributed by atoms with Gasteiger partial charge in [-0.2, -0.15) is 0 Å². The number of hydrogen-bond acceptors (Lipinski definition) is 2. The summed E-state index contributed by atoms with van der Waals surface area (Å²) in [5, 5.41) is 3.40. The number of ether oxygens (including phenoxy) is 1. The summed E-state index contributed by atoms with van der Waals surface area (Å²) < 4.78 is 20.0. The van der Waals surface area contributed by atoms with Crippen LogP contribution < -0.4 is 10.1 Å². The molecule has 0 amide bonds. The van der Waals surface area contributed by atoms with Crippen LogP contribution in [-0.2, 0) is 0 Å². The van der Waals surface area contributed by atoms with Gasteiger partial charge in [0.05, 0.1) is 5.02 Å². The van der Waals surface area contributed by atoms with Crippen LogP contribution in [0, 0.1) is 5.82 Å². The Hall–Kier alpha value is -1.10. The van der Waals surface area contributed by atoms with E-state index in [1.807, 2.05) is 18.2 Å². The Kier molecular flexibility index (Phi) is 5.62. The lowest BCUT2D eigenvalue weighted by atomic mass is 10.1. The van der Waals surface area contributed by atoms with Crippen LogP contribution in [0.4, 0.5) is 4.39 Å². The minimum Gasteiger partial charge on any atom is -0.457 e. The highest BCUT2D eigenvalue weighted by Gasteiger charge is 2.13. The van der Waals surface area contributed by atoms with Crippen molar-refractivity contribution >= 4 is 27.5 Å². The van der Waals surface area contributed by atoms with Gasteiger partial charge in [0.25, 0.3) is 0 Å². The van der Waals surface area contributed by atoms with Crippen LogP contribution in [0.5, 0.6) is 11.5 Å². The van der Waals surface area contributed by atoms with Crippen molar-refractivity contribution in [3.8, 4) is 11.5 Å². The first-order valence-corrected chi connectivity index (χ1v) is 7.84. The Labute approximate surface area is 137 Å². The zero-order valence-electron chi connectivity index (χ0n) is 11.8. The van der Waals surface area contributed by atoms with E-state index in [1.165, 1.54) is 12.1 Å². The molecule has 0 saturated heterocycles. The third-order valence-electron chi connectivity index (χ3n) is 3.07. The van der Waals surface area contributed by atoms with Gasteiger partial charge in [-0.1, -0.05) is 34.5 Å². The molecular weight excluding hydrogens is 357 g/mol. The third-order valence-corrected chi connectivity index (χ3v) is 3.85. The molecule has 0 fully saturated rings. The highest BCUT2D eigenvalue weighted by atomic mass is 79.9. The Morgan fingerprint density at radius 3 is 2.71 bits per heavy atom. The quantitative estimate of drug-likeness (QED) is 0.726. The van der Waals surface area contributed by atoms with E-state index in [4.69, 9.17) is 16.3 Å². The summed E-state index contributed by atoms with van der Waals surface area (Å²) in [5.41, 5.74) is 1.02. The van der Waals surface area contributed by atoms with Crippen LogP contribution >= 0.6 is 27.5 Å². The van der Waals surface area contributed by atoms with Crippen molar-refractivity contribution in [2.75, 3.05) is 6.54 Å². The molecule has 2 nitrogen and oxygen atoms in total. The van der Waals surface area contributed by atoms with Gasteiger partial charge < -0.3 is 10.1 Å². The second kappa shape index (κ2) is 7.25. The normalized spacial score (nSPS) is 12.2. The van der Waals surface area contributed by atoms with Crippen molar-refractivity contribution in [3.63, 3.8) is 0 Å². The first-order valence-electron chi connectivity index (χ1n) is 6.67. The van der Waals surface area contributed by atoms with Crippen LogP contribution in [0.3, 0.4) is 0 Å². The van der Waals surface area contributed by atoms with Gasteiger partial charge >= 0.3 is 0 Å². The van der Waals surface area contributed by atoms with E-state index in [0.717, 1.165) is 16.6 Å². The van der Waals surface area contributed by atoms with Gasteiger partial charge in [-0.3, -0.25) is 0 Å². The molecule has 21 heavy (non-hydrogen) atoms. The molecule has 0 aliphatic carbocycles. The van der Waals surface area contributed by atoms with E-state index in [0.29, 0.717) is 11.5 Å². The Balaban J connectivity index is 2.32. The van der Waals surface area contributed by atoms with Gasteiger partial charge in [0, 0.05) is 22.1 Å². The molecule has 0 spiro atoms. The fourth-order valence-corrected chi connectivity index (χ4v) is 2.58. The number of rotatable bonds is 5. The molecule has 0 aliphatic heterocycles. The molecule has 0 saturated carbocycles. The fourth-order valence-electron chi connectivity index (χ4n) is 2.03. The van der Waals surface area contributed by atoms with Gasteiger partial charge in [-0.15, -0.1) is 0 Å². The summed E-state index contributed by atoms with van der Waals surface area (Å²) >= 11 is 9.25. The molecule has 0 radical (unpaired) electrons. The molecule has 1 N–H and O–H groups in total. The Morgan fingerprint density at radius 1 is 1.29 bits per heavy atom. The zero-order valence-corrected chi connectivity index (χ0v) is 14.1. The van der Waals surface area contributed by atoms with Crippen molar-refractivity contribution in [2.24, 2.45) is 0 Å². The van der Waals surface area contributed by atoms with Crippen LogP contribution in [0.25, 0.3) is 0 Å². The summed E-state index contributed by atoms with van der Waals surface area (Å²) in [7, 11) is 0. The highest BCUT2D eigenvalue weighted by Crippen LogP contribution is 2.33. The molecular formula is C16H16BrClFNO. The summed E-state index contributed by atoms with van der Waals surface area (Å²) in [6, 6.07) is 10.3. The SMILES string of the molecule is CCNC(C)c1cc(Br)ccc1Oc1ccc(F)c(Cl)c1. The number of benzene rings is 2. The molecule has 2 aromatic carbocycles. The van der Waals surface area contributed by atoms with Crippen molar-refractivity contribution in [2.45, 2.75) is 19.9 Å². The number of hydrogen-bond donors (Lipinski definition) is 1. The van der Waals surface area contributed by atoms with Crippen molar-refractivity contribution in [3.05, 3.63) is 57.3 Å². The first kappa shape index (κ1) is 16.3. The summed E-state index contributed by atoms with van der Waals surface area (Å²) in [6.07, 6.45) is 0. The van der Waals surface area contributed by atoms with Crippen LogP contribution in [0.15, 0.2) is 40.9 Å². The lowest BCUT2D eigenvalue weighted by molar-refractivity contribution is 0.461. The largest absolute Gasteiger partial charge is 0.457 e. The second-order valence-corrected chi connectivity index (χ2v) is 5.96. The van der Waals surface area contributed by atoms with E-state index in [2.05, 4.69) is 35.1 Å². The average Bonchev–Trinajstić information content (AvgIpc) is 2.45. The summed E-state index contributed by atoms with van der Waals surface area (Å²) in [4.78, 5) is 0. The minimum absolute atomic E-state index is 0.0471. The molecule has 0 heterocycles. The molecule has 5 heteroatoms. The smallest absolute Gasteiger partial charge is 0.142 e. The molecule has 1 unspecified atom stereocenters. The van der Waals surface area contributed by atoms with E-state index in [1.54, 1.807) is 6.07 Å². The van der Waals surface area contributed by atoms with E-state index in [-0.39, 0.29) is 11.1 Å². The zero-order chi connectivity index (χ0) is 15.4. The maximum absolute atomic E-state index is 13.2. The predicted octanol–water partition coefficient (Wildman–Crippen LogP) is 5.70. The first-order chi connectivity index (χ1) is 10.0. The molecule has 0 bridgehead atoms. The van der Waals surface area contributed by atoms with Crippen molar-refractivity contribution in [1.82, 2.24) is 5.32 Å². The lowest BCUT2D eigenvalue weighted by Gasteiger charge is -2.18. The van der Waals surface area contributed by atoms with Crippen molar-refractivity contribution < 1.29 is 9.13 Å².